The van der Waals surface area contributed by atoms with Gasteiger partial charge in [-0.05, 0) is 82.3 Å². The molecule has 0 fully saturated rings. The number of benzene rings is 4. The maximum Gasteiger partial charge on any atom is 0.0273 e. The predicted molar refractivity (Wildman–Crippen MR) is 138 cm³/mol. The van der Waals surface area contributed by atoms with E-state index in [-0.39, 0.29) is 0 Å². The zero-order valence-corrected chi connectivity index (χ0v) is 18.6. The van der Waals surface area contributed by atoms with E-state index in [1.54, 1.807) is 0 Å². The van der Waals surface area contributed by atoms with Gasteiger partial charge in [-0.1, -0.05) is 84.9 Å². The Bertz CT molecular complexity index is 1380. The van der Waals surface area contributed by atoms with E-state index >= 15 is 0 Å². The van der Waals surface area contributed by atoms with Crippen molar-refractivity contribution in [2.75, 3.05) is 0 Å². The van der Waals surface area contributed by atoms with Crippen LogP contribution >= 0.6 is 11.3 Å². The van der Waals surface area contributed by atoms with E-state index in [1.807, 2.05) is 11.3 Å². The minimum Gasteiger partial charge on any atom is -0.141 e. The highest BCUT2D eigenvalue weighted by Gasteiger charge is 2.11. The molecule has 5 aromatic rings. The van der Waals surface area contributed by atoms with E-state index in [9.17, 15) is 0 Å². The molecule has 1 heteroatoms. The van der Waals surface area contributed by atoms with Crippen LogP contribution in [0.25, 0.3) is 45.2 Å². The Morgan fingerprint density at radius 2 is 1.39 bits per heavy atom. The van der Waals surface area contributed by atoms with Gasteiger partial charge in [0.05, 0.1) is 0 Å². The van der Waals surface area contributed by atoms with Crippen LogP contribution in [0, 0.1) is 13.8 Å². The molecule has 150 valence electrons. The van der Waals surface area contributed by atoms with Gasteiger partial charge in [-0.25, -0.2) is 0 Å². The first-order valence-electron chi connectivity index (χ1n) is 10.6. The molecule has 0 aliphatic carbocycles. The second kappa shape index (κ2) is 8.37. The highest BCUT2D eigenvalue weighted by atomic mass is 32.1. The summed E-state index contributed by atoms with van der Waals surface area (Å²) in [6.07, 6.45) is 4.50. The lowest BCUT2D eigenvalue weighted by molar-refractivity contribution is 1.45. The van der Waals surface area contributed by atoms with Crippen molar-refractivity contribution in [3.8, 4) is 22.3 Å². The van der Waals surface area contributed by atoms with Gasteiger partial charge >= 0.3 is 0 Å². The molecule has 0 aliphatic heterocycles. The van der Waals surface area contributed by atoms with E-state index in [0.717, 1.165) is 0 Å². The molecule has 31 heavy (non-hydrogen) atoms. The van der Waals surface area contributed by atoms with Gasteiger partial charge < -0.3 is 0 Å². The van der Waals surface area contributed by atoms with E-state index in [4.69, 9.17) is 0 Å². The SMILES string of the molecule is Cc1ccc(/C=C/c2cc(-c3cccc4ccccc34)c(C)cc2-c2ccccc2)s1. The molecular formula is C30H24S. The third-order valence-corrected chi connectivity index (χ3v) is 6.72. The van der Waals surface area contributed by atoms with Gasteiger partial charge in [0.25, 0.3) is 0 Å². The van der Waals surface area contributed by atoms with Crippen LogP contribution < -0.4 is 0 Å². The fourth-order valence-electron chi connectivity index (χ4n) is 4.20. The van der Waals surface area contributed by atoms with Crippen molar-refractivity contribution in [3.05, 3.63) is 118 Å². The van der Waals surface area contributed by atoms with E-state index in [1.165, 1.54) is 53.9 Å². The van der Waals surface area contributed by atoms with E-state index < -0.39 is 0 Å². The van der Waals surface area contributed by atoms with Crippen molar-refractivity contribution in [1.29, 1.82) is 0 Å². The summed E-state index contributed by atoms with van der Waals surface area (Å²) in [5.74, 6) is 0. The Balaban J connectivity index is 1.71. The predicted octanol–water partition coefficient (Wildman–Crippen LogP) is 9.02. The average Bonchev–Trinajstić information content (AvgIpc) is 3.23. The molecule has 0 unspecified atom stereocenters. The number of fused-ring (bicyclic) bond motifs is 1. The summed E-state index contributed by atoms with van der Waals surface area (Å²) in [6.45, 7) is 4.38. The molecular weight excluding hydrogens is 392 g/mol. The highest BCUT2D eigenvalue weighted by Crippen LogP contribution is 2.36. The summed E-state index contributed by atoms with van der Waals surface area (Å²) < 4.78 is 0. The summed E-state index contributed by atoms with van der Waals surface area (Å²) >= 11 is 1.83. The molecule has 1 heterocycles. The van der Waals surface area contributed by atoms with Gasteiger partial charge in [-0.3, -0.25) is 0 Å². The third kappa shape index (κ3) is 3.97. The second-order valence-corrected chi connectivity index (χ2v) is 9.25. The van der Waals surface area contributed by atoms with Crippen molar-refractivity contribution in [2.24, 2.45) is 0 Å². The number of rotatable bonds is 4. The summed E-state index contributed by atoms with van der Waals surface area (Å²) in [5, 5.41) is 2.57. The highest BCUT2D eigenvalue weighted by molar-refractivity contribution is 7.12. The Hall–Kier alpha value is -3.42. The summed E-state index contributed by atoms with van der Waals surface area (Å²) in [5.41, 5.74) is 7.63. The second-order valence-electron chi connectivity index (χ2n) is 7.93. The molecule has 0 nitrogen and oxygen atoms in total. The molecule has 0 N–H and O–H groups in total. The number of hydrogen-bond acceptors (Lipinski definition) is 1. The number of hydrogen-bond donors (Lipinski definition) is 0. The molecule has 0 radical (unpaired) electrons. The molecule has 0 aliphatic rings. The maximum atomic E-state index is 2.36. The molecule has 0 saturated carbocycles. The molecule has 0 spiro atoms. The van der Waals surface area contributed by atoms with Crippen molar-refractivity contribution in [2.45, 2.75) is 13.8 Å². The number of aryl methyl sites for hydroxylation is 2. The van der Waals surface area contributed by atoms with Crippen LogP contribution in [-0.4, -0.2) is 0 Å². The summed E-state index contributed by atoms with van der Waals surface area (Å²) in [6, 6.07) is 35.0. The lowest BCUT2D eigenvalue weighted by atomic mass is 9.89. The minimum absolute atomic E-state index is 1.24. The minimum atomic E-state index is 1.24. The Labute approximate surface area is 188 Å². The summed E-state index contributed by atoms with van der Waals surface area (Å²) in [4.78, 5) is 2.62. The van der Waals surface area contributed by atoms with Gasteiger partial charge in [-0.2, -0.15) is 0 Å². The van der Waals surface area contributed by atoms with Crippen molar-refractivity contribution in [1.82, 2.24) is 0 Å². The topological polar surface area (TPSA) is 0 Å². The van der Waals surface area contributed by atoms with Crippen LogP contribution in [0.2, 0.25) is 0 Å². The van der Waals surface area contributed by atoms with Gasteiger partial charge in [-0.15, -0.1) is 11.3 Å². The third-order valence-electron chi connectivity index (χ3n) is 5.75. The van der Waals surface area contributed by atoms with Crippen molar-refractivity contribution in [3.63, 3.8) is 0 Å². The molecule has 0 amide bonds. The standard InChI is InChI=1S/C30H24S/c1-21-19-30(24-9-4-3-5-10-24)25(16-18-26-17-15-22(2)31-26)20-29(21)28-14-8-12-23-11-6-7-13-27(23)28/h3-20H,1-2H3/b18-16+. The molecule has 0 bridgehead atoms. The van der Waals surface area contributed by atoms with Crippen LogP contribution in [0.1, 0.15) is 20.9 Å². The van der Waals surface area contributed by atoms with Crippen LogP contribution in [0.5, 0.6) is 0 Å². The lowest BCUT2D eigenvalue weighted by Crippen LogP contribution is -1.91. The zero-order valence-electron chi connectivity index (χ0n) is 17.8. The van der Waals surface area contributed by atoms with Crippen LogP contribution in [-0.2, 0) is 0 Å². The van der Waals surface area contributed by atoms with Crippen molar-refractivity contribution >= 4 is 34.3 Å². The monoisotopic (exact) mass is 416 g/mol. The van der Waals surface area contributed by atoms with Crippen molar-refractivity contribution < 1.29 is 0 Å². The zero-order chi connectivity index (χ0) is 21.2. The average molecular weight is 417 g/mol. The van der Waals surface area contributed by atoms with Crippen LogP contribution in [0.3, 0.4) is 0 Å². The largest absolute Gasteiger partial charge is 0.141 e. The van der Waals surface area contributed by atoms with Crippen LogP contribution in [0.4, 0.5) is 0 Å². The van der Waals surface area contributed by atoms with Crippen LogP contribution in [0.15, 0.2) is 97.1 Å². The molecule has 0 atom stereocenters. The Morgan fingerprint density at radius 3 is 2.19 bits per heavy atom. The maximum absolute atomic E-state index is 2.36. The molecule has 5 rings (SSSR count). The number of thiophene rings is 1. The molecule has 0 saturated heterocycles. The lowest BCUT2D eigenvalue weighted by Gasteiger charge is -2.15. The molecule has 4 aromatic carbocycles. The Morgan fingerprint density at radius 1 is 0.613 bits per heavy atom. The Kier molecular flexibility index (Phi) is 5.28. The van der Waals surface area contributed by atoms with Gasteiger partial charge in [0.2, 0.25) is 0 Å². The first-order valence-corrected chi connectivity index (χ1v) is 11.4. The molecule has 1 aromatic heterocycles. The van der Waals surface area contributed by atoms with E-state index in [2.05, 4.69) is 123 Å². The fourth-order valence-corrected chi connectivity index (χ4v) is 4.98. The van der Waals surface area contributed by atoms with Gasteiger partial charge in [0.15, 0.2) is 0 Å². The first kappa shape index (κ1) is 19.5. The smallest absolute Gasteiger partial charge is 0.0273 e. The first-order chi connectivity index (χ1) is 15.2. The fraction of sp³-hybridized carbons (Fsp3) is 0.0667. The van der Waals surface area contributed by atoms with Gasteiger partial charge in [0.1, 0.15) is 0 Å². The quantitative estimate of drug-likeness (QED) is 0.274. The van der Waals surface area contributed by atoms with E-state index in [0.29, 0.717) is 0 Å². The summed E-state index contributed by atoms with van der Waals surface area (Å²) in [7, 11) is 0. The van der Waals surface area contributed by atoms with Gasteiger partial charge in [0, 0.05) is 9.75 Å². The normalized spacial score (nSPS) is 11.4.